The number of phenols is 2. The summed E-state index contributed by atoms with van der Waals surface area (Å²) in [7, 11) is 0. The molecule has 3 N–H and O–H groups in total. The smallest absolute Gasteiger partial charge is 0.251 e. The van der Waals surface area contributed by atoms with Crippen LogP contribution in [0.5, 0.6) is 11.5 Å². The summed E-state index contributed by atoms with van der Waals surface area (Å²) in [6, 6.07) is 4.15. The first kappa shape index (κ1) is 14.7. The summed E-state index contributed by atoms with van der Waals surface area (Å²) in [6.07, 6.45) is 4.51. The van der Waals surface area contributed by atoms with E-state index in [0.717, 1.165) is 19.3 Å². The summed E-state index contributed by atoms with van der Waals surface area (Å²) in [6.45, 7) is 4.38. The minimum atomic E-state index is -0.228. The largest absolute Gasteiger partial charge is 0.508 e. The Morgan fingerprint density at radius 3 is 2.35 bits per heavy atom. The lowest BCUT2D eigenvalue weighted by molar-refractivity contribution is 0.0888. The van der Waals surface area contributed by atoms with Crippen LogP contribution in [0, 0.1) is 11.8 Å². The molecule has 0 radical (unpaired) electrons. The summed E-state index contributed by atoms with van der Waals surface area (Å²) in [5.41, 5.74) is 0.301. The Bertz CT molecular complexity index is 464. The second kappa shape index (κ2) is 6.16. The standard InChI is InChI=1S/C16H23NO3/c1-10(2)14-5-3-4-6-15(14)17-16(20)11-7-12(18)9-13(19)8-11/h7-10,14-15,18-19H,3-6H2,1-2H3,(H,17,20). The summed E-state index contributed by atoms with van der Waals surface area (Å²) in [4.78, 5) is 12.3. The fourth-order valence-corrected chi connectivity index (χ4v) is 3.11. The lowest BCUT2D eigenvalue weighted by atomic mass is 9.78. The maximum Gasteiger partial charge on any atom is 0.251 e. The molecular formula is C16H23NO3. The SMILES string of the molecule is CC(C)C1CCCCC1NC(=O)c1cc(O)cc(O)c1. The van der Waals surface area contributed by atoms with Gasteiger partial charge in [-0.1, -0.05) is 26.7 Å². The van der Waals surface area contributed by atoms with Crippen LogP contribution in [-0.2, 0) is 0 Å². The van der Waals surface area contributed by atoms with Crippen LogP contribution in [0.2, 0.25) is 0 Å². The number of rotatable bonds is 3. The Labute approximate surface area is 119 Å². The third-order valence-electron chi connectivity index (χ3n) is 4.16. The van der Waals surface area contributed by atoms with E-state index < -0.39 is 0 Å². The number of aromatic hydroxyl groups is 2. The molecule has 4 heteroatoms. The molecule has 110 valence electrons. The Kier molecular flexibility index (Phi) is 4.53. The summed E-state index contributed by atoms with van der Waals surface area (Å²) < 4.78 is 0. The Morgan fingerprint density at radius 2 is 1.75 bits per heavy atom. The van der Waals surface area contributed by atoms with Gasteiger partial charge in [0.25, 0.3) is 5.91 Å². The van der Waals surface area contributed by atoms with Crippen LogP contribution in [-0.4, -0.2) is 22.2 Å². The average molecular weight is 277 g/mol. The molecule has 2 unspecified atom stereocenters. The second-order valence-corrected chi connectivity index (χ2v) is 6.01. The zero-order valence-corrected chi connectivity index (χ0v) is 12.1. The van der Waals surface area contributed by atoms with Crippen molar-refractivity contribution in [3.8, 4) is 11.5 Å². The van der Waals surface area contributed by atoms with Crippen molar-refractivity contribution in [2.75, 3.05) is 0 Å². The molecule has 1 amide bonds. The first-order chi connectivity index (χ1) is 9.47. The molecular weight excluding hydrogens is 254 g/mol. The van der Waals surface area contributed by atoms with Gasteiger partial charge in [-0.25, -0.2) is 0 Å². The predicted octanol–water partition coefficient (Wildman–Crippen LogP) is 3.04. The van der Waals surface area contributed by atoms with Crippen molar-refractivity contribution in [2.24, 2.45) is 11.8 Å². The van der Waals surface area contributed by atoms with Crippen LogP contribution in [0.4, 0.5) is 0 Å². The van der Waals surface area contributed by atoms with Crippen molar-refractivity contribution in [1.29, 1.82) is 0 Å². The first-order valence-corrected chi connectivity index (χ1v) is 7.31. The maximum absolute atomic E-state index is 12.3. The van der Waals surface area contributed by atoms with Gasteiger partial charge < -0.3 is 15.5 Å². The van der Waals surface area contributed by atoms with Crippen LogP contribution in [0.15, 0.2) is 18.2 Å². The molecule has 1 aliphatic carbocycles. The van der Waals surface area contributed by atoms with E-state index in [-0.39, 0.29) is 23.4 Å². The minimum absolute atomic E-state index is 0.0980. The highest BCUT2D eigenvalue weighted by Gasteiger charge is 2.28. The predicted molar refractivity (Wildman–Crippen MR) is 77.8 cm³/mol. The van der Waals surface area contributed by atoms with Crippen LogP contribution in [0.3, 0.4) is 0 Å². The molecule has 0 aliphatic heterocycles. The van der Waals surface area contributed by atoms with Gasteiger partial charge in [0.15, 0.2) is 0 Å². The molecule has 0 aromatic heterocycles. The number of nitrogens with one attached hydrogen (secondary N) is 1. The van der Waals surface area contributed by atoms with Gasteiger partial charge in [-0.05, 0) is 36.8 Å². The highest BCUT2D eigenvalue weighted by atomic mass is 16.3. The summed E-state index contributed by atoms with van der Waals surface area (Å²) >= 11 is 0. The number of carbonyl (C=O) groups excluding carboxylic acids is 1. The van der Waals surface area contributed by atoms with Crippen LogP contribution in [0.25, 0.3) is 0 Å². The topological polar surface area (TPSA) is 69.6 Å². The summed E-state index contributed by atoms with van der Waals surface area (Å²) in [5, 5.41) is 22.0. The van der Waals surface area contributed by atoms with E-state index in [4.69, 9.17) is 0 Å². The van der Waals surface area contributed by atoms with Crippen molar-refractivity contribution in [3.05, 3.63) is 23.8 Å². The van der Waals surface area contributed by atoms with E-state index in [2.05, 4.69) is 19.2 Å². The number of hydrogen-bond donors (Lipinski definition) is 3. The van der Waals surface area contributed by atoms with Gasteiger partial charge in [0, 0.05) is 17.7 Å². The van der Waals surface area contributed by atoms with Crippen molar-refractivity contribution in [3.63, 3.8) is 0 Å². The van der Waals surface area contributed by atoms with Crippen LogP contribution in [0.1, 0.15) is 49.9 Å². The van der Waals surface area contributed by atoms with Gasteiger partial charge in [0.2, 0.25) is 0 Å². The average Bonchev–Trinajstić information content (AvgIpc) is 2.37. The Morgan fingerprint density at radius 1 is 1.15 bits per heavy atom. The molecule has 1 fully saturated rings. The fraction of sp³-hybridized carbons (Fsp3) is 0.562. The lowest BCUT2D eigenvalue weighted by Gasteiger charge is -2.34. The van der Waals surface area contributed by atoms with Crippen LogP contribution < -0.4 is 5.32 Å². The molecule has 2 atom stereocenters. The third kappa shape index (κ3) is 3.44. The highest BCUT2D eigenvalue weighted by Crippen LogP contribution is 2.30. The zero-order valence-electron chi connectivity index (χ0n) is 12.1. The quantitative estimate of drug-likeness (QED) is 0.795. The molecule has 2 rings (SSSR count). The van der Waals surface area contributed by atoms with Crippen molar-refractivity contribution in [1.82, 2.24) is 5.32 Å². The molecule has 1 aromatic rings. The molecule has 1 aromatic carbocycles. The number of carbonyl (C=O) groups is 1. The van der Waals surface area contributed by atoms with E-state index >= 15 is 0 Å². The molecule has 20 heavy (non-hydrogen) atoms. The van der Waals surface area contributed by atoms with Crippen molar-refractivity contribution < 1.29 is 15.0 Å². The monoisotopic (exact) mass is 277 g/mol. The van der Waals surface area contributed by atoms with E-state index in [1.165, 1.54) is 24.6 Å². The molecule has 0 bridgehead atoms. The fourth-order valence-electron chi connectivity index (χ4n) is 3.11. The first-order valence-electron chi connectivity index (χ1n) is 7.31. The van der Waals surface area contributed by atoms with Gasteiger partial charge in [0.05, 0.1) is 0 Å². The van der Waals surface area contributed by atoms with Gasteiger partial charge in [-0.15, -0.1) is 0 Å². The molecule has 1 aliphatic rings. The Balaban J connectivity index is 2.09. The normalized spacial score (nSPS) is 22.8. The van der Waals surface area contributed by atoms with Gasteiger partial charge in [0.1, 0.15) is 11.5 Å². The number of amides is 1. The van der Waals surface area contributed by atoms with E-state index in [9.17, 15) is 15.0 Å². The minimum Gasteiger partial charge on any atom is -0.508 e. The Hall–Kier alpha value is -1.71. The van der Waals surface area contributed by atoms with Crippen molar-refractivity contribution in [2.45, 2.75) is 45.6 Å². The molecule has 0 saturated heterocycles. The molecule has 4 nitrogen and oxygen atoms in total. The molecule has 0 heterocycles. The molecule has 1 saturated carbocycles. The van der Waals surface area contributed by atoms with Gasteiger partial charge in [-0.2, -0.15) is 0 Å². The molecule has 0 spiro atoms. The van der Waals surface area contributed by atoms with Crippen molar-refractivity contribution >= 4 is 5.91 Å². The van der Waals surface area contributed by atoms with E-state index in [1.807, 2.05) is 0 Å². The van der Waals surface area contributed by atoms with Crippen LogP contribution >= 0.6 is 0 Å². The number of hydrogen-bond acceptors (Lipinski definition) is 3. The third-order valence-corrected chi connectivity index (χ3v) is 4.16. The number of phenolic OH excluding ortho intramolecular Hbond substituents is 2. The van der Waals surface area contributed by atoms with Gasteiger partial charge >= 0.3 is 0 Å². The maximum atomic E-state index is 12.3. The van der Waals surface area contributed by atoms with E-state index in [1.54, 1.807) is 0 Å². The highest BCUT2D eigenvalue weighted by molar-refractivity contribution is 5.95. The number of benzene rings is 1. The summed E-state index contributed by atoms with van der Waals surface area (Å²) in [5.74, 6) is 0.615. The lowest BCUT2D eigenvalue weighted by Crippen LogP contribution is -2.43. The van der Waals surface area contributed by atoms with Gasteiger partial charge in [-0.3, -0.25) is 4.79 Å². The zero-order chi connectivity index (χ0) is 14.7. The van der Waals surface area contributed by atoms with E-state index in [0.29, 0.717) is 17.4 Å². The second-order valence-electron chi connectivity index (χ2n) is 6.01.